The molecular formula is C11H20N2O2. The van der Waals surface area contributed by atoms with Crippen molar-refractivity contribution in [2.45, 2.75) is 44.1 Å². The van der Waals surface area contributed by atoms with E-state index in [2.05, 4.69) is 5.32 Å². The molecular weight excluding hydrogens is 192 g/mol. The molecule has 0 aromatic rings. The van der Waals surface area contributed by atoms with Crippen LogP contribution >= 0.6 is 0 Å². The molecule has 1 saturated heterocycles. The van der Waals surface area contributed by atoms with Crippen molar-refractivity contribution in [3.63, 3.8) is 0 Å². The van der Waals surface area contributed by atoms with Crippen LogP contribution in [-0.4, -0.2) is 41.3 Å². The van der Waals surface area contributed by atoms with Gasteiger partial charge in [-0.2, -0.15) is 0 Å². The Labute approximate surface area is 90.6 Å². The van der Waals surface area contributed by atoms with E-state index in [0.29, 0.717) is 0 Å². The van der Waals surface area contributed by atoms with Crippen LogP contribution < -0.4 is 5.32 Å². The number of nitrogens with one attached hydrogen (secondary N) is 1. The molecule has 4 heteroatoms. The van der Waals surface area contributed by atoms with E-state index in [1.807, 2.05) is 4.90 Å². The summed E-state index contributed by atoms with van der Waals surface area (Å²) < 4.78 is 0. The second-order valence-corrected chi connectivity index (χ2v) is 4.77. The summed E-state index contributed by atoms with van der Waals surface area (Å²) in [5.74, 6) is 0. The largest absolute Gasteiger partial charge is 0.394 e. The molecule has 0 radical (unpaired) electrons. The van der Waals surface area contributed by atoms with Crippen molar-refractivity contribution in [1.82, 2.24) is 10.2 Å². The summed E-state index contributed by atoms with van der Waals surface area (Å²) in [6.07, 6.45) is 6.52. The van der Waals surface area contributed by atoms with Gasteiger partial charge in [-0.15, -0.1) is 0 Å². The van der Waals surface area contributed by atoms with Gasteiger partial charge in [-0.25, -0.2) is 4.79 Å². The molecule has 1 saturated carbocycles. The Kier molecular flexibility index (Phi) is 3.14. The van der Waals surface area contributed by atoms with Crippen LogP contribution in [0.3, 0.4) is 0 Å². The maximum atomic E-state index is 11.9. The summed E-state index contributed by atoms with van der Waals surface area (Å²) in [6.45, 7) is 1.81. The molecule has 0 atom stereocenters. The van der Waals surface area contributed by atoms with Crippen LogP contribution in [0.25, 0.3) is 0 Å². The van der Waals surface area contributed by atoms with Gasteiger partial charge in [-0.1, -0.05) is 12.8 Å². The number of amides is 2. The average Bonchev–Trinajstić information content (AvgIpc) is 3.00. The van der Waals surface area contributed by atoms with Crippen molar-refractivity contribution in [1.29, 1.82) is 0 Å². The van der Waals surface area contributed by atoms with Crippen LogP contribution in [0.2, 0.25) is 0 Å². The molecule has 0 aromatic heterocycles. The highest BCUT2D eigenvalue weighted by atomic mass is 16.3. The minimum atomic E-state index is -0.274. The zero-order valence-electron chi connectivity index (χ0n) is 9.17. The van der Waals surface area contributed by atoms with Crippen LogP contribution in [0.15, 0.2) is 0 Å². The van der Waals surface area contributed by atoms with Crippen LogP contribution in [-0.2, 0) is 0 Å². The molecule has 1 heterocycles. The number of aliphatic hydroxyl groups excluding tert-OH is 1. The number of carbonyl (C=O) groups is 1. The Morgan fingerprint density at radius 2 is 1.80 bits per heavy atom. The van der Waals surface area contributed by atoms with Crippen molar-refractivity contribution in [3.8, 4) is 0 Å². The Hall–Kier alpha value is -0.770. The molecule has 2 amide bonds. The van der Waals surface area contributed by atoms with E-state index in [9.17, 15) is 4.79 Å². The lowest BCUT2D eigenvalue weighted by Crippen LogP contribution is -2.48. The zero-order chi connectivity index (χ0) is 10.7. The lowest BCUT2D eigenvalue weighted by atomic mass is 10.2. The number of rotatable bonds is 2. The lowest BCUT2D eigenvalue weighted by Gasteiger charge is -2.24. The molecule has 0 aromatic carbocycles. The molecule has 2 aliphatic rings. The maximum absolute atomic E-state index is 11.9. The predicted octanol–water partition coefficient (Wildman–Crippen LogP) is 1.10. The van der Waals surface area contributed by atoms with Gasteiger partial charge in [-0.05, 0) is 25.7 Å². The van der Waals surface area contributed by atoms with E-state index < -0.39 is 0 Å². The van der Waals surface area contributed by atoms with E-state index in [4.69, 9.17) is 5.11 Å². The number of carbonyl (C=O) groups excluding carboxylic acids is 1. The smallest absolute Gasteiger partial charge is 0.317 e. The van der Waals surface area contributed by atoms with Gasteiger partial charge in [-0.3, -0.25) is 0 Å². The third-order valence-electron chi connectivity index (χ3n) is 3.42. The molecule has 2 N–H and O–H groups in total. The van der Waals surface area contributed by atoms with E-state index in [-0.39, 0.29) is 18.2 Å². The van der Waals surface area contributed by atoms with Crippen LogP contribution in [0.4, 0.5) is 4.79 Å². The second kappa shape index (κ2) is 4.39. The molecule has 0 spiro atoms. The maximum Gasteiger partial charge on any atom is 0.317 e. The van der Waals surface area contributed by atoms with E-state index >= 15 is 0 Å². The molecule has 0 unspecified atom stereocenters. The first-order valence-electron chi connectivity index (χ1n) is 5.94. The molecule has 4 nitrogen and oxygen atoms in total. The number of likely N-dealkylation sites (tertiary alicyclic amines) is 1. The second-order valence-electron chi connectivity index (χ2n) is 4.77. The number of hydrogen-bond acceptors (Lipinski definition) is 2. The molecule has 86 valence electrons. The van der Waals surface area contributed by atoms with Crippen LogP contribution in [0.1, 0.15) is 38.5 Å². The summed E-state index contributed by atoms with van der Waals surface area (Å²) in [7, 11) is 0. The summed E-state index contributed by atoms with van der Waals surface area (Å²) >= 11 is 0. The summed E-state index contributed by atoms with van der Waals surface area (Å²) in [4.78, 5) is 13.8. The highest BCUT2D eigenvalue weighted by Crippen LogP contribution is 2.34. The van der Waals surface area contributed by atoms with E-state index in [1.54, 1.807) is 0 Å². The molecule has 2 fully saturated rings. The van der Waals surface area contributed by atoms with Crippen LogP contribution in [0.5, 0.6) is 0 Å². The Balaban J connectivity index is 1.83. The number of nitrogens with zero attached hydrogens (tertiary/aromatic N) is 1. The highest BCUT2D eigenvalue weighted by Gasteiger charge is 2.44. The minimum absolute atomic E-state index is 0.0171. The van der Waals surface area contributed by atoms with Gasteiger partial charge in [0, 0.05) is 13.1 Å². The van der Waals surface area contributed by atoms with Gasteiger partial charge >= 0.3 is 6.03 Å². The highest BCUT2D eigenvalue weighted by molar-refractivity contribution is 5.75. The summed E-state index contributed by atoms with van der Waals surface area (Å²) in [6, 6.07) is 0.0171. The van der Waals surface area contributed by atoms with Gasteiger partial charge in [0.15, 0.2) is 0 Å². The fourth-order valence-corrected chi connectivity index (χ4v) is 2.05. The third-order valence-corrected chi connectivity index (χ3v) is 3.42. The fraction of sp³-hybridized carbons (Fsp3) is 0.909. The first kappa shape index (κ1) is 10.7. The van der Waals surface area contributed by atoms with Gasteiger partial charge in [0.2, 0.25) is 0 Å². The van der Waals surface area contributed by atoms with Crippen molar-refractivity contribution >= 4 is 6.03 Å². The minimum Gasteiger partial charge on any atom is -0.394 e. The molecule has 2 rings (SSSR count). The van der Waals surface area contributed by atoms with Gasteiger partial charge in [0.25, 0.3) is 0 Å². The van der Waals surface area contributed by atoms with Crippen molar-refractivity contribution < 1.29 is 9.90 Å². The summed E-state index contributed by atoms with van der Waals surface area (Å²) in [5, 5.41) is 12.1. The average molecular weight is 212 g/mol. The first-order chi connectivity index (χ1) is 7.26. The van der Waals surface area contributed by atoms with Gasteiger partial charge < -0.3 is 15.3 Å². The number of aliphatic hydroxyl groups is 1. The predicted molar refractivity (Wildman–Crippen MR) is 57.6 cm³/mol. The zero-order valence-corrected chi connectivity index (χ0v) is 9.17. The molecule has 0 bridgehead atoms. The molecule has 1 aliphatic heterocycles. The quantitative estimate of drug-likeness (QED) is 0.720. The number of hydrogen-bond donors (Lipinski definition) is 2. The normalized spacial score (nSPS) is 24.5. The van der Waals surface area contributed by atoms with Gasteiger partial charge in [0.1, 0.15) is 0 Å². The number of urea groups is 1. The van der Waals surface area contributed by atoms with E-state index in [0.717, 1.165) is 38.8 Å². The van der Waals surface area contributed by atoms with Crippen molar-refractivity contribution in [2.75, 3.05) is 19.7 Å². The van der Waals surface area contributed by atoms with Crippen molar-refractivity contribution in [2.24, 2.45) is 0 Å². The standard InChI is InChI=1S/C11H20N2O2/c14-9-11(5-6-11)12-10(15)13-7-3-1-2-4-8-13/h14H,1-9H2,(H,12,15). The molecule has 1 aliphatic carbocycles. The van der Waals surface area contributed by atoms with Crippen molar-refractivity contribution in [3.05, 3.63) is 0 Å². The summed E-state index contributed by atoms with van der Waals surface area (Å²) in [5.41, 5.74) is -0.274. The fourth-order valence-electron chi connectivity index (χ4n) is 2.05. The topological polar surface area (TPSA) is 52.6 Å². The SMILES string of the molecule is O=C(NC1(CO)CC1)N1CCCCCC1. The Morgan fingerprint density at radius 1 is 1.20 bits per heavy atom. The monoisotopic (exact) mass is 212 g/mol. The Bertz CT molecular complexity index is 231. The third kappa shape index (κ3) is 2.62. The lowest BCUT2D eigenvalue weighted by molar-refractivity contribution is 0.179. The van der Waals surface area contributed by atoms with Crippen LogP contribution in [0, 0.1) is 0 Å². The first-order valence-corrected chi connectivity index (χ1v) is 5.94. The Morgan fingerprint density at radius 3 is 2.27 bits per heavy atom. The molecule has 15 heavy (non-hydrogen) atoms. The van der Waals surface area contributed by atoms with Gasteiger partial charge in [0.05, 0.1) is 12.1 Å². The van der Waals surface area contributed by atoms with E-state index in [1.165, 1.54) is 12.8 Å².